The van der Waals surface area contributed by atoms with Gasteiger partial charge in [0.1, 0.15) is 5.69 Å². The van der Waals surface area contributed by atoms with Crippen LogP contribution in [-0.4, -0.2) is 30.8 Å². The van der Waals surface area contributed by atoms with Crippen LogP contribution < -0.4 is 10.6 Å². The summed E-state index contributed by atoms with van der Waals surface area (Å²) in [5, 5.41) is 13.8. The predicted octanol–water partition coefficient (Wildman–Crippen LogP) is 1.76. The Kier molecular flexibility index (Phi) is 5.49. The minimum absolute atomic E-state index is 0.0644. The Bertz CT molecular complexity index is 424. The van der Waals surface area contributed by atoms with Gasteiger partial charge >= 0.3 is 0 Å². The molecular weight excluding hydrogens is 271 g/mol. The highest BCUT2D eigenvalue weighted by atomic mass is 19.2. The number of nitrogens with one attached hydrogen (secondary N) is 2. The van der Waals surface area contributed by atoms with Gasteiger partial charge in [-0.25, -0.2) is 22.0 Å². The molecule has 3 N–H and O–H groups in total. The third kappa shape index (κ3) is 3.77. The van der Waals surface area contributed by atoms with E-state index in [0.29, 0.717) is 0 Å². The molecule has 0 aliphatic rings. The summed E-state index contributed by atoms with van der Waals surface area (Å²) in [5.41, 5.74) is -1.06. The van der Waals surface area contributed by atoms with Crippen LogP contribution in [0.4, 0.5) is 27.6 Å². The van der Waals surface area contributed by atoms with Gasteiger partial charge in [-0.2, -0.15) is 0 Å². The minimum Gasteiger partial charge on any atom is -0.392 e. The number of hydrogen-bond acceptors (Lipinski definition) is 3. The molecule has 0 saturated heterocycles. The zero-order valence-corrected chi connectivity index (χ0v) is 10.0. The second kappa shape index (κ2) is 6.67. The average molecular weight is 284 g/mol. The Morgan fingerprint density at radius 1 is 0.895 bits per heavy atom. The van der Waals surface area contributed by atoms with E-state index in [1.54, 1.807) is 0 Å². The summed E-state index contributed by atoms with van der Waals surface area (Å²) in [6.07, 6.45) is -0.603. The molecule has 1 aromatic carbocycles. The van der Waals surface area contributed by atoms with Gasteiger partial charge in [-0.1, -0.05) is 0 Å². The van der Waals surface area contributed by atoms with E-state index in [9.17, 15) is 22.0 Å². The van der Waals surface area contributed by atoms with E-state index >= 15 is 0 Å². The molecule has 0 heterocycles. The maximum absolute atomic E-state index is 13.2. The second-order valence-electron chi connectivity index (χ2n) is 3.92. The summed E-state index contributed by atoms with van der Waals surface area (Å²) >= 11 is 0. The van der Waals surface area contributed by atoms with E-state index in [-0.39, 0.29) is 19.6 Å². The van der Waals surface area contributed by atoms with Crippen molar-refractivity contribution in [3.8, 4) is 0 Å². The van der Waals surface area contributed by atoms with E-state index < -0.39 is 40.9 Å². The first-order chi connectivity index (χ1) is 8.86. The van der Waals surface area contributed by atoms with Gasteiger partial charge in [-0.3, -0.25) is 0 Å². The van der Waals surface area contributed by atoms with Crippen molar-refractivity contribution in [3.05, 3.63) is 29.1 Å². The summed E-state index contributed by atoms with van der Waals surface area (Å²) in [4.78, 5) is 0. The summed E-state index contributed by atoms with van der Waals surface area (Å²) in [5.74, 6) is -9.96. The van der Waals surface area contributed by atoms with Crippen LogP contribution in [0, 0.1) is 29.1 Å². The molecule has 0 aliphatic carbocycles. The lowest BCUT2D eigenvalue weighted by Crippen LogP contribution is -2.29. The Hall–Kier alpha value is -1.41. The molecule has 108 valence electrons. The molecule has 0 spiro atoms. The highest BCUT2D eigenvalue weighted by Gasteiger charge is 2.25. The molecule has 1 rings (SSSR count). The van der Waals surface area contributed by atoms with Crippen LogP contribution >= 0.6 is 0 Å². The predicted molar refractivity (Wildman–Crippen MR) is 59.3 cm³/mol. The molecule has 1 atom stereocenters. The average Bonchev–Trinajstić information content (AvgIpc) is 2.37. The topological polar surface area (TPSA) is 44.3 Å². The van der Waals surface area contributed by atoms with Crippen molar-refractivity contribution in [2.24, 2.45) is 0 Å². The number of halogens is 5. The first-order valence-electron chi connectivity index (χ1n) is 5.50. The highest BCUT2D eigenvalue weighted by molar-refractivity contribution is 5.47. The van der Waals surface area contributed by atoms with Crippen LogP contribution in [-0.2, 0) is 0 Å². The Balaban J connectivity index is 2.69. The van der Waals surface area contributed by atoms with Gasteiger partial charge in [0.2, 0.25) is 5.82 Å². The zero-order valence-electron chi connectivity index (χ0n) is 10.0. The smallest absolute Gasteiger partial charge is 0.200 e. The van der Waals surface area contributed by atoms with E-state index in [4.69, 9.17) is 5.11 Å². The van der Waals surface area contributed by atoms with E-state index in [2.05, 4.69) is 10.6 Å². The van der Waals surface area contributed by atoms with Crippen molar-refractivity contribution in [1.82, 2.24) is 5.32 Å². The van der Waals surface area contributed by atoms with E-state index in [0.717, 1.165) is 0 Å². The maximum atomic E-state index is 13.2. The molecule has 0 saturated carbocycles. The third-order valence-electron chi connectivity index (χ3n) is 2.25. The fourth-order valence-electron chi connectivity index (χ4n) is 1.35. The number of hydrogen-bond donors (Lipinski definition) is 3. The monoisotopic (exact) mass is 284 g/mol. The molecule has 0 fully saturated rings. The highest BCUT2D eigenvalue weighted by Crippen LogP contribution is 2.26. The van der Waals surface area contributed by atoms with E-state index in [1.807, 2.05) is 0 Å². The van der Waals surface area contributed by atoms with Gasteiger partial charge in [0.15, 0.2) is 23.3 Å². The summed E-state index contributed by atoms with van der Waals surface area (Å²) in [7, 11) is 0. The molecule has 0 bridgehead atoms. The molecular formula is C11H13F5N2O. The lowest BCUT2D eigenvalue weighted by molar-refractivity contribution is 0.192. The zero-order chi connectivity index (χ0) is 14.6. The number of aliphatic hydroxyl groups is 1. The standard InChI is InChI=1S/C11H13F5N2O/c1-5(19)4-17-2-3-18-11-9(15)7(13)6(12)8(14)10(11)16/h5,17-19H,2-4H2,1H3. The molecule has 1 unspecified atom stereocenters. The maximum Gasteiger partial charge on any atom is 0.200 e. The Morgan fingerprint density at radius 3 is 1.84 bits per heavy atom. The molecule has 1 aromatic rings. The molecule has 0 aliphatic heterocycles. The first kappa shape index (κ1) is 15.6. The Morgan fingerprint density at radius 2 is 1.37 bits per heavy atom. The molecule has 0 aromatic heterocycles. The molecule has 0 radical (unpaired) electrons. The van der Waals surface area contributed by atoms with Crippen LogP contribution in [0.5, 0.6) is 0 Å². The fourth-order valence-corrected chi connectivity index (χ4v) is 1.35. The Labute approximate surface area is 106 Å². The van der Waals surface area contributed by atoms with Crippen molar-refractivity contribution in [1.29, 1.82) is 0 Å². The number of rotatable bonds is 6. The summed E-state index contributed by atoms with van der Waals surface area (Å²) < 4.78 is 64.8. The van der Waals surface area contributed by atoms with Crippen LogP contribution in [0.2, 0.25) is 0 Å². The summed E-state index contributed by atoms with van der Waals surface area (Å²) in [6.45, 7) is 1.90. The number of aliphatic hydroxyl groups excluding tert-OH is 1. The van der Waals surface area contributed by atoms with E-state index in [1.165, 1.54) is 6.92 Å². The SMILES string of the molecule is CC(O)CNCCNc1c(F)c(F)c(F)c(F)c1F. The lowest BCUT2D eigenvalue weighted by atomic mass is 10.2. The van der Waals surface area contributed by atoms with Gasteiger partial charge in [0.05, 0.1) is 6.10 Å². The van der Waals surface area contributed by atoms with Crippen molar-refractivity contribution in [2.45, 2.75) is 13.0 Å². The van der Waals surface area contributed by atoms with Crippen molar-refractivity contribution in [3.63, 3.8) is 0 Å². The van der Waals surface area contributed by atoms with Gasteiger partial charge in [-0.05, 0) is 6.92 Å². The van der Waals surface area contributed by atoms with Gasteiger partial charge < -0.3 is 15.7 Å². The molecule has 0 amide bonds. The fraction of sp³-hybridized carbons (Fsp3) is 0.455. The van der Waals surface area contributed by atoms with Crippen molar-refractivity contribution >= 4 is 5.69 Å². The first-order valence-corrected chi connectivity index (χ1v) is 5.50. The largest absolute Gasteiger partial charge is 0.392 e. The molecule has 8 heteroatoms. The normalized spacial score (nSPS) is 12.6. The quantitative estimate of drug-likeness (QED) is 0.323. The van der Waals surface area contributed by atoms with Crippen molar-refractivity contribution in [2.75, 3.05) is 25.0 Å². The van der Waals surface area contributed by atoms with Gasteiger partial charge in [0.25, 0.3) is 0 Å². The van der Waals surface area contributed by atoms with Gasteiger partial charge in [-0.15, -0.1) is 0 Å². The van der Waals surface area contributed by atoms with Crippen molar-refractivity contribution < 1.29 is 27.1 Å². The number of benzene rings is 1. The van der Waals surface area contributed by atoms with Crippen LogP contribution in [0.15, 0.2) is 0 Å². The molecule has 19 heavy (non-hydrogen) atoms. The summed E-state index contributed by atoms with van der Waals surface area (Å²) in [6, 6.07) is 0. The lowest BCUT2D eigenvalue weighted by Gasteiger charge is -2.11. The molecule has 3 nitrogen and oxygen atoms in total. The third-order valence-corrected chi connectivity index (χ3v) is 2.25. The van der Waals surface area contributed by atoms with Gasteiger partial charge in [0, 0.05) is 19.6 Å². The second-order valence-corrected chi connectivity index (χ2v) is 3.92. The van der Waals surface area contributed by atoms with Crippen LogP contribution in [0.25, 0.3) is 0 Å². The van der Waals surface area contributed by atoms with Crippen LogP contribution in [0.1, 0.15) is 6.92 Å². The number of anilines is 1. The van der Waals surface area contributed by atoms with Crippen LogP contribution in [0.3, 0.4) is 0 Å². The minimum atomic E-state index is -2.19.